The third-order valence-corrected chi connectivity index (χ3v) is 6.51. The van der Waals surface area contributed by atoms with Gasteiger partial charge < -0.3 is 15.1 Å². The van der Waals surface area contributed by atoms with Crippen molar-refractivity contribution in [3.8, 4) is 0 Å². The van der Waals surface area contributed by atoms with Crippen molar-refractivity contribution in [1.29, 1.82) is 0 Å². The molecule has 1 aromatic heterocycles. The maximum Gasteiger partial charge on any atom is 0.131 e. The van der Waals surface area contributed by atoms with Gasteiger partial charge >= 0.3 is 0 Å². The van der Waals surface area contributed by atoms with E-state index < -0.39 is 0 Å². The minimum absolute atomic E-state index is 0.742. The molecule has 1 aromatic rings. The molecule has 0 atom stereocenters. The van der Waals surface area contributed by atoms with Crippen LogP contribution < -0.4 is 5.32 Å². The molecule has 0 amide bonds. The summed E-state index contributed by atoms with van der Waals surface area (Å²) in [4.78, 5) is 7.80. The van der Waals surface area contributed by atoms with Gasteiger partial charge in [-0.1, -0.05) is 11.3 Å². The van der Waals surface area contributed by atoms with Crippen molar-refractivity contribution in [2.24, 2.45) is 0 Å². The standard InChI is InChI=1S/C18H32N6S/c1-2-7-22(6-1)8-3-9-23-10-12-24(13-11-23)15-18-21-20-17(25-18)14-19-16-4-5-16/h16,19H,1-15H2. The fourth-order valence-corrected chi connectivity index (χ4v) is 4.67. The molecule has 0 aromatic carbocycles. The van der Waals surface area contributed by atoms with Crippen molar-refractivity contribution in [1.82, 2.24) is 30.2 Å². The number of nitrogens with one attached hydrogen (secondary N) is 1. The quantitative estimate of drug-likeness (QED) is 0.715. The van der Waals surface area contributed by atoms with Gasteiger partial charge in [0.25, 0.3) is 0 Å². The zero-order valence-corrected chi connectivity index (χ0v) is 16.1. The normalized spacial score (nSPS) is 23.5. The summed E-state index contributed by atoms with van der Waals surface area (Å²) in [7, 11) is 0. The average molecular weight is 365 g/mol. The summed E-state index contributed by atoms with van der Waals surface area (Å²) in [5.41, 5.74) is 0. The lowest BCUT2D eigenvalue weighted by Crippen LogP contribution is -2.46. The third-order valence-electron chi connectivity index (χ3n) is 5.60. The van der Waals surface area contributed by atoms with Crippen LogP contribution in [0.1, 0.15) is 42.1 Å². The first-order valence-corrected chi connectivity index (χ1v) is 10.9. The van der Waals surface area contributed by atoms with Crippen molar-refractivity contribution in [2.75, 3.05) is 52.4 Å². The second-order valence-electron chi connectivity index (χ2n) is 7.76. The first-order chi connectivity index (χ1) is 12.3. The van der Waals surface area contributed by atoms with Crippen LogP contribution in [0.3, 0.4) is 0 Å². The first kappa shape index (κ1) is 17.8. The SMILES string of the molecule is C1CCN(CCCN2CCN(Cc3nnc(CNC4CC4)s3)CC2)C1. The molecule has 6 nitrogen and oxygen atoms in total. The van der Waals surface area contributed by atoms with E-state index in [9.17, 15) is 0 Å². The summed E-state index contributed by atoms with van der Waals surface area (Å²) in [6.45, 7) is 11.8. The summed E-state index contributed by atoms with van der Waals surface area (Å²) >= 11 is 1.78. The van der Waals surface area contributed by atoms with Gasteiger partial charge in [-0.05, 0) is 58.3 Å². The highest BCUT2D eigenvalue weighted by molar-refractivity contribution is 7.11. The zero-order valence-electron chi connectivity index (χ0n) is 15.3. The van der Waals surface area contributed by atoms with E-state index in [0.29, 0.717) is 0 Å². The number of likely N-dealkylation sites (tertiary alicyclic amines) is 1. The highest BCUT2D eigenvalue weighted by Crippen LogP contribution is 2.20. The molecule has 1 aliphatic carbocycles. The fourth-order valence-electron chi connectivity index (χ4n) is 3.83. The Morgan fingerprint density at radius 1 is 0.840 bits per heavy atom. The summed E-state index contributed by atoms with van der Waals surface area (Å²) in [5.74, 6) is 0. The molecule has 0 unspecified atom stereocenters. The van der Waals surface area contributed by atoms with Crippen molar-refractivity contribution in [3.63, 3.8) is 0 Å². The number of rotatable bonds is 9. The second-order valence-corrected chi connectivity index (χ2v) is 8.91. The van der Waals surface area contributed by atoms with E-state index in [1.165, 1.54) is 89.5 Å². The van der Waals surface area contributed by atoms with E-state index in [4.69, 9.17) is 0 Å². The molecule has 25 heavy (non-hydrogen) atoms. The summed E-state index contributed by atoms with van der Waals surface area (Å²) in [6.07, 6.45) is 6.79. The molecule has 2 saturated heterocycles. The highest BCUT2D eigenvalue weighted by Gasteiger charge is 2.21. The second kappa shape index (κ2) is 8.86. The smallest absolute Gasteiger partial charge is 0.131 e. The molecule has 3 fully saturated rings. The lowest BCUT2D eigenvalue weighted by molar-refractivity contribution is 0.123. The Morgan fingerprint density at radius 3 is 2.20 bits per heavy atom. The van der Waals surface area contributed by atoms with Gasteiger partial charge in [0.1, 0.15) is 10.0 Å². The lowest BCUT2D eigenvalue weighted by atomic mass is 10.3. The predicted octanol–water partition coefficient (Wildman–Crippen LogP) is 1.39. The van der Waals surface area contributed by atoms with Gasteiger partial charge in [0.2, 0.25) is 0 Å². The number of piperazine rings is 1. The van der Waals surface area contributed by atoms with Crippen LogP contribution in [0.4, 0.5) is 0 Å². The zero-order chi connectivity index (χ0) is 16.9. The van der Waals surface area contributed by atoms with Gasteiger partial charge in [-0.3, -0.25) is 4.90 Å². The van der Waals surface area contributed by atoms with Gasteiger partial charge in [0, 0.05) is 38.8 Å². The van der Waals surface area contributed by atoms with E-state index in [-0.39, 0.29) is 0 Å². The Labute approximate surface area is 155 Å². The van der Waals surface area contributed by atoms with Gasteiger partial charge in [-0.25, -0.2) is 0 Å². The Hall–Kier alpha value is -0.600. The molecular formula is C18H32N6S. The molecule has 0 bridgehead atoms. The number of hydrogen-bond donors (Lipinski definition) is 1. The largest absolute Gasteiger partial charge is 0.308 e. The maximum absolute atomic E-state index is 4.39. The van der Waals surface area contributed by atoms with Gasteiger partial charge in [-0.15, -0.1) is 10.2 Å². The van der Waals surface area contributed by atoms with Crippen LogP contribution in [-0.2, 0) is 13.1 Å². The molecule has 0 spiro atoms. The van der Waals surface area contributed by atoms with Gasteiger partial charge in [0.15, 0.2) is 0 Å². The van der Waals surface area contributed by atoms with Crippen LogP contribution in [0.25, 0.3) is 0 Å². The summed E-state index contributed by atoms with van der Waals surface area (Å²) in [5, 5.41) is 14.6. The molecule has 3 heterocycles. The van der Waals surface area contributed by atoms with Crippen LogP contribution in [0, 0.1) is 0 Å². The monoisotopic (exact) mass is 364 g/mol. The predicted molar refractivity (Wildman–Crippen MR) is 102 cm³/mol. The van der Waals surface area contributed by atoms with Gasteiger partial charge in [0.05, 0.1) is 6.54 Å². The van der Waals surface area contributed by atoms with Crippen molar-refractivity contribution < 1.29 is 0 Å². The van der Waals surface area contributed by atoms with E-state index in [2.05, 4.69) is 30.2 Å². The number of nitrogens with zero attached hydrogens (tertiary/aromatic N) is 5. The molecule has 140 valence electrons. The highest BCUT2D eigenvalue weighted by atomic mass is 32.1. The molecule has 1 N–H and O–H groups in total. The molecule has 7 heteroatoms. The van der Waals surface area contributed by atoms with E-state index in [1.54, 1.807) is 11.3 Å². The molecule has 4 rings (SSSR count). The van der Waals surface area contributed by atoms with Crippen LogP contribution >= 0.6 is 11.3 Å². The van der Waals surface area contributed by atoms with Crippen molar-refractivity contribution in [3.05, 3.63) is 10.0 Å². The van der Waals surface area contributed by atoms with Crippen LogP contribution in [0.15, 0.2) is 0 Å². The average Bonchev–Trinajstić information content (AvgIpc) is 3.12. The minimum atomic E-state index is 0.742. The fraction of sp³-hybridized carbons (Fsp3) is 0.889. The van der Waals surface area contributed by atoms with E-state index in [0.717, 1.165) is 24.1 Å². The Morgan fingerprint density at radius 2 is 1.48 bits per heavy atom. The summed E-state index contributed by atoms with van der Waals surface area (Å²) in [6, 6.07) is 0.742. The van der Waals surface area contributed by atoms with E-state index in [1.807, 2.05) is 0 Å². The summed E-state index contributed by atoms with van der Waals surface area (Å²) < 4.78 is 0. The molecular weight excluding hydrogens is 332 g/mol. The molecule has 0 radical (unpaired) electrons. The molecule has 2 aliphatic heterocycles. The maximum atomic E-state index is 4.39. The molecule has 1 saturated carbocycles. The lowest BCUT2D eigenvalue weighted by Gasteiger charge is -2.34. The minimum Gasteiger partial charge on any atom is -0.308 e. The topological polar surface area (TPSA) is 47.5 Å². The van der Waals surface area contributed by atoms with Crippen LogP contribution in [-0.4, -0.2) is 83.3 Å². The first-order valence-electron chi connectivity index (χ1n) is 10.1. The number of hydrogen-bond acceptors (Lipinski definition) is 7. The Bertz CT molecular complexity index is 517. The van der Waals surface area contributed by atoms with E-state index >= 15 is 0 Å². The third kappa shape index (κ3) is 5.69. The van der Waals surface area contributed by atoms with Crippen molar-refractivity contribution in [2.45, 2.75) is 51.2 Å². The van der Waals surface area contributed by atoms with Crippen molar-refractivity contribution >= 4 is 11.3 Å². The van der Waals surface area contributed by atoms with Gasteiger partial charge in [-0.2, -0.15) is 0 Å². The Balaban J connectivity index is 1.11. The Kier molecular flexibility index (Phi) is 6.31. The van der Waals surface area contributed by atoms with Crippen LogP contribution in [0.2, 0.25) is 0 Å². The molecule has 3 aliphatic rings. The van der Waals surface area contributed by atoms with Crippen LogP contribution in [0.5, 0.6) is 0 Å². The number of aromatic nitrogens is 2.